The van der Waals surface area contributed by atoms with Crippen molar-refractivity contribution in [3.05, 3.63) is 48.3 Å². The van der Waals surface area contributed by atoms with Crippen LogP contribution in [-0.4, -0.2) is 34.0 Å². The molecule has 1 heterocycles. The first kappa shape index (κ1) is 13.2. The second-order valence-corrected chi connectivity index (χ2v) is 4.11. The second kappa shape index (κ2) is 7.27. The quantitative estimate of drug-likeness (QED) is 0.696. The number of benzene rings is 1. The Morgan fingerprint density at radius 3 is 2.84 bits per heavy atom. The minimum Gasteiger partial charge on any atom is -0.351 e. The SMILES string of the molecule is O=C(CNCCn1ccnn1)NCc1ccccc1. The Kier molecular flexibility index (Phi) is 5.06. The molecule has 0 saturated heterocycles. The predicted molar refractivity (Wildman–Crippen MR) is 71.2 cm³/mol. The van der Waals surface area contributed by atoms with E-state index in [2.05, 4.69) is 20.9 Å². The van der Waals surface area contributed by atoms with Crippen LogP contribution in [0.4, 0.5) is 0 Å². The molecule has 0 atom stereocenters. The van der Waals surface area contributed by atoms with Crippen molar-refractivity contribution in [3.63, 3.8) is 0 Å². The Balaban J connectivity index is 1.57. The zero-order chi connectivity index (χ0) is 13.3. The molecule has 1 amide bonds. The minimum atomic E-state index is -0.0116. The van der Waals surface area contributed by atoms with E-state index in [4.69, 9.17) is 0 Å². The average molecular weight is 259 g/mol. The van der Waals surface area contributed by atoms with Crippen molar-refractivity contribution in [2.45, 2.75) is 13.1 Å². The summed E-state index contributed by atoms with van der Waals surface area (Å²) in [6.45, 7) is 2.25. The van der Waals surface area contributed by atoms with Crippen LogP contribution in [0.15, 0.2) is 42.7 Å². The van der Waals surface area contributed by atoms with Crippen LogP contribution < -0.4 is 10.6 Å². The number of carbonyl (C=O) groups excluding carboxylic acids is 1. The normalized spacial score (nSPS) is 10.3. The highest BCUT2D eigenvalue weighted by atomic mass is 16.1. The van der Waals surface area contributed by atoms with Crippen molar-refractivity contribution < 1.29 is 4.79 Å². The number of nitrogens with one attached hydrogen (secondary N) is 2. The third kappa shape index (κ3) is 4.89. The Morgan fingerprint density at radius 1 is 1.26 bits per heavy atom. The van der Waals surface area contributed by atoms with Crippen LogP contribution in [0.1, 0.15) is 5.56 Å². The summed E-state index contributed by atoms with van der Waals surface area (Å²) in [6, 6.07) is 9.84. The molecule has 0 saturated carbocycles. The Morgan fingerprint density at radius 2 is 2.11 bits per heavy atom. The number of amides is 1. The van der Waals surface area contributed by atoms with Crippen molar-refractivity contribution in [1.82, 2.24) is 25.6 Å². The zero-order valence-corrected chi connectivity index (χ0v) is 10.6. The number of rotatable bonds is 7. The summed E-state index contributed by atoms with van der Waals surface area (Å²) >= 11 is 0. The highest BCUT2D eigenvalue weighted by molar-refractivity contribution is 5.77. The molecule has 2 rings (SSSR count). The van der Waals surface area contributed by atoms with Crippen molar-refractivity contribution in [3.8, 4) is 0 Å². The van der Waals surface area contributed by atoms with E-state index in [1.54, 1.807) is 17.1 Å². The van der Waals surface area contributed by atoms with E-state index in [0.29, 0.717) is 26.2 Å². The Labute approximate surface area is 111 Å². The van der Waals surface area contributed by atoms with Gasteiger partial charge in [0.2, 0.25) is 5.91 Å². The van der Waals surface area contributed by atoms with E-state index < -0.39 is 0 Å². The average Bonchev–Trinajstić information content (AvgIpc) is 2.96. The van der Waals surface area contributed by atoms with Crippen LogP contribution >= 0.6 is 0 Å². The number of nitrogens with zero attached hydrogens (tertiary/aromatic N) is 3. The molecule has 6 nitrogen and oxygen atoms in total. The summed E-state index contributed by atoms with van der Waals surface area (Å²) in [5.74, 6) is -0.0116. The molecule has 19 heavy (non-hydrogen) atoms. The van der Waals surface area contributed by atoms with Gasteiger partial charge in [0.05, 0.1) is 19.3 Å². The van der Waals surface area contributed by atoms with Crippen molar-refractivity contribution in [2.75, 3.05) is 13.1 Å². The third-order valence-corrected chi connectivity index (χ3v) is 2.61. The predicted octanol–water partition coefficient (Wildman–Crippen LogP) is 0.184. The van der Waals surface area contributed by atoms with Gasteiger partial charge in [0.1, 0.15) is 0 Å². The lowest BCUT2D eigenvalue weighted by molar-refractivity contribution is -0.120. The van der Waals surface area contributed by atoms with E-state index in [9.17, 15) is 4.79 Å². The summed E-state index contributed by atoms with van der Waals surface area (Å²) in [5.41, 5.74) is 1.10. The fourth-order valence-electron chi connectivity index (χ4n) is 1.61. The van der Waals surface area contributed by atoms with Gasteiger partial charge in [0, 0.05) is 19.3 Å². The monoisotopic (exact) mass is 259 g/mol. The van der Waals surface area contributed by atoms with Gasteiger partial charge in [-0.3, -0.25) is 9.48 Å². The molecule has 1 aromatic heterocycles. The van der Waals surface area contributed by atoms with Gasteiger partial charge in [0.25, 0.3) is 0 Å². The van der Waals surface area contributed by atoms with E-state index in [-0.39, 0.29) is 5.91 Å². The minimum absolute atomic E-state index is 0.0116. The molecule has 6 heteroatoms. The fraction of sp³-hybridized carbons (Fsp3) is 0.308. The highest BCUT2D eigenvalue weighted by Gasteiger charge is 2.00. The van der Waals surface area contributed by atoms with Crippen molar-refractivity contribution in [2.24, 2.45) is 0 Å². The summed E-state index contributed by atoms with van der Waals surface area (Å²) in [6.07, 6.45) is 3.42. The highest BCUT2D eigenvalue weighted by Crippen LogP contribution is 1.96. The molecule has 0 aliphatic rings. The molecular formula is C13H17N5O. The maximum atomic E-state index is 11.6. The largest absolute Gasteiger partial charge is 0.351 e. The molecule has 0 bridgehead atoms. The first-order valence-electron chi connectivity index (χ1n) is 6.20. The van der Waals surface area contributed by atoms with Crippen LogP contribution in [0.25, 0.3) is 0 Å². The Bertz CT molecular complexity index is 483. The third-order valence-electron chi connectivity index (χ3n) is 2.61. The van der Waals surface area contributed by atoms with Gasteiger partial charge in [-0.05, 0) is 5.56 Å². The van der Waals surface area contributed by atoms with E-state index in [1.165, 1.54) is 0 Å². The second-order valence-electron chi connectivity index (χ2n) is 4.11. The van der Waals surface area contributed by atoms with E-state index in [0.717, 1.165) is 5.56 Å². The van der Waals surface area contributed by atoms with Crippen molar-refractivity contribution in [1.29, 1.82) is 0 Å². The van der Waals surface area contributed by atoms with Crippen LogP contribution in [0.3, 0.4) is 0 Å². The number of hydrogen-bond donors (Lipinski definition) is 2. The lowest BCUT2D eigenvalue weighted by Gasteiger charge is -2.06. The lowest BCUT2D eigenvalue weighted by Crippen LogP contribution is -2.34. The molecule has 0 aliphatic heterocycles. The van der Waals surface area contributed by atoms with Crippen LogP contribution in [0.5, 0.6) is 0 Å². The molecule has 2 aromatic rings. The molecule has 2 N–H and O–H groups in total. The van der Waals surface area contributed by atoms with Gasteiger partial charge in [-0.2, -0.15) is 0 Å². The summed E-state index contributed by atoms with van der Waals surface area (Å²) in [4.78, 5) is 11.6. The van der Waals surface area contributed by atoms with Gasteiger partial charge in [-0.1, -0.05) is 35.5 Å². The molecule has 0 fully saturated rings. The van der Waals surface area contributed by atoms with E-state index >= 15 is 0 Å². The molecule has 0 aliphatic carbocycles. The molecule has 1 aromatic carbocycles. The van der Waals surface area contributed by atoms with Gasteiger partial charge in [0.15, 0.2) is 0 Å². The first-order valence-corrected chi connectivity index (χ1v) is 6.20. The lowest BCUT2D eigenvalue weighted by atomic mass is 10.2. The fourth-order valence-corrected chi connectivity index (χ4v) is 1.61. The summed E-state index contributed by atoms with van der Waals surface area (Å²) < 4.78 is 1.72. The van der Waals surface area contributed by atoms with Gasteiger partial charge in [-0.25, -0.2) is 0 Å². The smallest absolute Gasteiger partial charge is 0.234 e. The van der Waals surface area contributed by atoms with Crippen LogP contribution in [0.2, 0.25) is 0 Å². The number of hydrogen-bond acceptors (Lipinski definition) is 4. The molecular weight excluding hydrogens is 242 g/mol. The molecule has 100 valence electrons. The standard InChI is InChI=1S/C13H17N5O/c19-13(15-10-12-4-2-1-3-5-12)11-14-6-8-18-9-7-16-17-18/h1-5,7,9,14H,6,8,10-11H2,(H,15,19). The summed E-state index contributed by atoms with van der Waals surface area (Å²) in [7, 11) is 0. The Hall–Kier alpha value is -2.21. The van der Waals surface area contributed by atoms with E-state index in [1.807, 2.05) is 30.3 Å². The van der Waals surface area contributed by atoms with Gasteiger partial charge < -0.3 is 10.6 Å². The van der Waals surface area contributed by atoms with Crippen LogP contribution in [0, 0.1) is 0 Å². The topological polar surface area (TPSA) is 71.8 Å². The maximum Gasteiger partial charge on any atom is 0.234 e. The first-order chi connectivity index (χ1) is 9.34. The van der Waals surface area contributed by atoms with Gasteiger partial charge in [-0.15, -0.1) is 5.10 Å². The van der Waals surface area contributed by atoms with Gasteiger partial charge >= 0.3 is 0 Å². The zero-order valence-electron chi connectivity index (χ0n) is 10.6. The molecule has 0 radical (unpaired) electrons. The number of aromatic nitrogens is 3. The van der Waals surface area contributed by atoms with Crippen molar-refractivity contribution >= 4 is 5.91 Å². The number of carbonyl (C=O) groups is 1. The molecule has 0 unspecified atom stereocenters. The summed E-state index contributed by atoms with van der Waals surface area (Å²) in [5, 5.41) is 13.5. The van der Waals surface area contributed by atoms with Crippen LogP contribution in [-0.2, 0) is 17.9 Å². The molecule has 0 spiro atoms. The maximum absolute atomic E-state index is 11.6.